The molecule has 0 fully saturated rings. The summed E-state index contributed by atoms with van der Waals surface area (Å²) in [4.78, 5) is 11.9. The van der Waals surface area contributed by atoms with Crippen LogP contribution >= 0.6 is 0 Å². The number of nitrogens with zero attached hydrogens (tertiary/aromatic N) is 1. The molecule has 0 radical (unpaired) electrons. The van der Waals surface area contributed by atoms with Gasteiger partial charge in [-0.05, 0) is 38.8 Å². The second-order valence-corrected chi connectivity index (χ2v) is 4.93. The van der Waals surface area contributed by atoms with E-state index in [-0.39, 0.29) is 12.5 Å². The molecule has 0 spiro atoms. The summed E-state index contributed by atoms with van der Waals surface area (Å²) < 4.78 is 11.0. The zero-order valence-corrected chi connectivity index (χ0v) is 12.8. The van der Waals surface area contributed by atoms with Gasteiger partial charge in [-0.2, -0.15) is 0 Å². The van der Waals surface area contributed by atoms with Crippen LogP contribution in [0.5, 0.6) is 5.75 Å². The maximum Gasteiger partial charge on any atom is 0.273 e. The predicted octanol–water partition coefficient (Wildman–Crippen LogP) is 2.93. The van der Waals surface area contributed by atoms with Crippen LogP contribution in [0.2, 0.25) is 0 Å². The van der Waals surface area contributed by atoms with Gasteiger partial charge in [0.25, 0.3) is 5.91 Å². The van der Waals surface area contributed by atoms with Gasteiger partial charge in [-0.25, -0.2) is 0 Å². The van der Waals surface area contributed by atoms with E-state index in [1.165, 1.54) is 0 Å². The quantitative estimate of drug-likeness (QED) is 0.918. The number of carbonyl (C=O) groups is 1. The normalized spacial score (nSPS) is 10.5. The van der Waals surface area contributed by atoms with Crippen LogP contribution in [-0.2, 0) is 6.61 Å². The molecule has 0 saturated carbocycles. The van der Waals surface area contributed by atoms with Gasteiger partial charge >= 0.3 is 0 Å². The first-order valence-corrected chi connectivity index (χ1v) is 6.97. The molecule has 2 rings (SSSR count). The summed E-state index contributed by atoms with van der Waals surface area (Å²) in [5, 5.41) is 6.54. The minimum Gasteiger partial charge on any atom is -0.488 e. The monoisotopic (exact) mass is 288 g/mol. The van der Waals surface area contributed by atoms with Crippen molar-refractivity contribution in [3.63, 3.8) is 0 Å². The van der Waals surface area contributed by atoms with Gasteiger partial charge < -0.3 is 14.6 Å². The Kier molecular flexibility index (Phi) is 4.62. The van der Waals surface area contributed by atoms with Crippen LogP contribution in [0.25, 0.3) is 0 Å². The van der Waals surface area contributed by atoms with Crippen molar-refractivity contribution in [2.75, 3.05) is 6.54 Å². The van der Waals surface area contributed by atoms with Crippen LogP contribution in [0.3, 0.4) is 0 Å². The number of hydrogen-bond acceptors (Lipinski definition) is 4. The van der Waals surface area contributed by atoms with E-state index in [4.69, 9.17) is 9.26 Å². The van der Waals surface area contributed by atoms with E-state index < -0.39 is 0 Å². The highest BCUT2D eigenvalue weighted by Gasteiger charge is 2.20. The number of hydrogen-bond donors (Lipinski definition) is 1. The molecule has 2 aromatic rings. The van der Waals surface area contributed by atoms with Gasteiger partial charge in [-0.15, -0.1) is 0 Å². The molecule has 1 N–H and O–H groups in total. The summed E-state index contributed by atoms with van der Waals surface area (Å²) in [6.07, 6.45) is 0. The van der Waals surface area contributed by atoms with E-state index in [0.717, 1.165) is 16.9 Å². The van der Waals surface area contributed by atoms with Gasteiger partial charge in [0.2, 0.25) is 0 Å². The Morgan fingerprint density at radius 3 is 2.57 bits per heavy atom. The topological polar surface area (TPSA) is 64.4 Å². The zero-order chi connectivity index (χ0) is 15.4. The molecule has 0 aliphatic rings. The Hall–Kier alpha value is -2.30. The van der Waals surface area contributed by atoms with Gasteiger partial charge in [-0.3, -0.25) is 4.79 Å². The molecule has 0 unspecified atom stereocenters. The van der Waals surface area contributed by atoms with E-state index >= 15 is 0 Å². The van der Waals surface area contributed by atoms with Crippen molar-refractivity contribution in [3.05, 3.63) is 46.3 Å². The predicted molar refractivity (Wildman–Crippen MR) is 79.5 cm³/mol. The molecule has 21 heavy (non-hydrogen) atoms. The summed E-state index contributed by atoms with van der Waals surface area (Å²) in [7, 11) is 0. The fourth-order valence-electron chi connectivity index (χ4n) is 2.15. The third-order valence-corrected chi connectivity index (χ3v) is 3.31. The van der Waals surface area contributed by atoms with E-state index in [2.05, 4.69) is 10.5 Å². The molecule has 1 amide bonds. The average molecular weight is 288 g/mol. The molecule has 5 heteroatoms. The molecular weight excluding hydrogens is 268 g/mol. The lowest BCUT2D eigenvalue weighted by Gasteiger charge is -2.11. The molecule has 0 aliphatic carbocycles. The second-order valence-electron chi connectivity index (χ2n) is 4.93. The van der Waals surface area contributed by atoms with Crippen LogP contribution in [-0.4, -0.2) is 17.6 Å². The minimum atomic E-state index is -0.241. The van der Waals surface area contributed by atoms with Crippen LogP contribution in [0.1, 0.15) is 39.9 Å². The highest BCUT2D eigenvalue weighted by Crippen LogP contribution is 2.24. The molecule has 1 heterocycles. The maximum absolute atomic E-state index is 11.9. The molecule has 5 nitrogen and oxygen atoms in total. The third kappa shape index (κ3) is 3.24. The lowest BCUT2D eigenvalue weighted by atomic mass is 10.1. The molecule has 0 bridgehead atoms. The lowest BCUT2D eigenvalue weighted by molar-refractivity contribution is 0.0944. The van der Waals surface area contributed by atoms with Gasteiger partial charge in [0.1, 0.15) is 18.1 Å². The Morgan fingerprint density at radius 2 is 1.95 bits per heavy atom. The first-order chi connectivity index (χ1) is 10.0. The first kappa shape index (κ1) is 15.1. The number of para-hydroxylation sites is 1. The third-order valence-electron chi connectivity index (χ3n) is 3.31. The summed E-state index contributed by atoms with van der Waals surface area (Å²) in [5.74, 6) is 1.19. The summed E-state index contributed by atoms with van der Waals surface area (Å²) >= 11 is 0. The van der Waals surface area contributed by atoms with Crippen molar-refractivity contribution in [1.82, 2.24) is 10.5 Å². The van der Waals surface area contributed by atoms with Crippen molar-refractivity contribution in [3.8, 4) is 5.75 Å². The van der Waals surface area contributed by atoms with Gasteiger partial charge in [0.05, 0.1) is 5.56 Å². The smallest absolute Gasteiger partial charge is 0.273 e. The van der Waals surface area contributed by atoms with Crippen LogP contribution in [0.15, 0.2) is 22.7 Å². The second kappa shape index (κ2) is 6.43. The zero-order valence-electron chi connectivity index (χ0n) is 12.8. The van der Waals surface area contributed by atoms with Gasteiger partial charge in [0.15, 0.2) is 5.69 Å². The van der Waals surface area contributed by atoms with Crippen molar-refractivity contribution in [1.29, 1.82) is 0 Å². The Labute approximate surface area is 124 Å². The number of carbonyl (C=O) groups excluding carboxylic acids is 1. The van der Waals surface area contributed by atoms with E-state index in [1.807, 2.05) is 39.0 Å². The Balaban J connectivity index is 2.21. The number of amides is 1. The average Bonchev–Trinajstić information content (AvgIpc) is 2.80. The standard InChI is InChI=1S/C16H20N2O3/c1-5-17-16(19)14-13(12(4)21-18-14)9-20-15-10(2)7-6-8-11(15)3/h6-8H,5,9H2,1-4H3,(H,17,19). The number of nitrogens with one attached hydrogen (secondary N) is 1. The first-order valence-electron chi connectivity index (χ1n) is 6.97. The summed E-state index contributed by atoms with van der Waals surface area (Å²) in [6, 6.07) is 5.98. The molecule has 112 valence electrons. The minimum absolute atomic E-state index is 0.241. The number of ether oxygens (including phenoxy) is 1. The van der Waals surface area contributed by atoms with Crippen molar-refractivity contribution in [2.45, 2.75) is 34.3 Å². The van der Waals surface area contributed by atoms with Gasteiger partial charge in [-0.1, -0.05) is 23.4 Å². The summed E-state index contributed by atoms with van der Waals surface area (Å²) in [6.45, 7) is 8.42. The van der Waals surface area contributed by atoms with Crippen LogP contribution in [0, 0.1) is 20.8 Å². The number of benzene rings is 1. The maximum atomic E-state index is 11.9. The van der Waals surface area contributed by atoms with Crippen molar-refractivity contribution >= 4 is 5.91 Å². The summed E-state index contributed by atoms with van der Waals surface area (Å²) in [5.41, 5.74) is 3.09. The molecule has 0 atom stereocenters. The molecular formula is C16H20N2O3. The Morgan fingerprint density at radius 1 is 1.29 bits per heavy atom. The number of aromatic nitrogens is 1. The van der Waals surface area contributed by atoms with E-state index in [9.17, 15) is 4.79 Å². The van der Waals surface area contributed by atoms with Gasteiger partial charge in [0, 0.05) is 6.54 Å². The molecule has 1 aromatic carbocycles. The van der Waals surface area contributed by atoms with E-state index in [0.29, 0.717) is 23.6 Å². The van der Waals surface area contributed by atoms with Crippen LogP contribution < -0.4 is 10.1 Å². The van der Waals surface area contributed by atoms with Crippen LogP contribution in [0.4, 0.5) is 0 Å². The number of aryl methyl sites for hydroxylation is 3. The highest BCUT2D eigenvalue weighted by molar-refractivity contribution is 5.93. The lowest BCUT2D eigenvalue weighted by Crippen LogP contribution is -2.24. The van der Waals surface area contributed by atoms with E-state index in [1.54, 1.807) is 6.92 Å². The largest absolute Gasteiger partial charge is 0.488 e. The molecule has 0 saturated heterocycles. The number of rotatable bonds is 5. The van der Waals surface area contributed by atoms with Crippen molar-refractivity contribution in [2.24, 2.45) is 0 Å². The SMILES string of the molecule is CCNC(=O)c1noc(C)c1COc1c(C)cccc1C. The Bertz CT molecular complexity index is 627. The molecule has 1 aromatic heterocycles. The molecule has 0 aliphatic heterocycles. The fraction of sp³-hybridized carbons (Fsp3) is 0.375. The fourth-order valence-corrected chi connectivity index (χ4v) is 2.15. The van der Waals surface area contributed by atoms with Crippen molar-refractivity contribution < 1.29 is 14.1 Å². The highest BCUT2D eigenvalue weighted by atomic mass is 16.5.